The van der Waals surface area contributed by atoms with E-state index in [0.29, 0.717) is 22.0 Å². The minimum absolute atomic E-state index is 0.317. The van der Waals surface area contributed by atoms with Crippen LogP contribution >= 0.6 is 0 Å². The predicted molar refractivity (Wildman–Crippen MR) is 102 cm³/mol. The first-order valence-electron chi connectivity index (χ1n) is 9.06. The number of sulfone groups is 1. The van der Waals surface area contributed by atoms with Gasteiger partial charge >= 0.3 is 12.1 Å². The lowest BCUT2D eigenvalue weighted by Crippen LogP contribution is -2.41. The summed E-state index contributed by atoms with van der Waals surface area (Å²) in [4.78, 5) is 11.5. The second kappa shape index (κ2) is 8.19. The molecule has 0 amide bonds. The van der Waals surface area contributed by atoms with E-state index in [0.717, 1.165) is 7.05 Å². The number of alkyl halides is 6. The number of pyridine rings is 2. The first-order chi connectivity index (χ1) is 14.8. The molecule has 0 aromatic carbocycles. The molecule has 6 nitrogen and oxygen atoms in total. The van der Waals surface area contributed by atoms with Gasteiger partial charge in [0.25, 0.3) is 0 Å². The van der Waals surface area contributed by atoms with Crippen molar-refractivity contribution in [2.24, 2.45) is 7.05 Å². The molecule has 0 radical (unpaired) electrons. The van der Waals surface area contributed by atoms with E-state index in [1.165, 1.54) is 25.4 Å². The zero-order valence-electron chi connectivity index (χ0n) is 16.6. The average molecular weight is 478 g/mol. The summed E-state index contributed by atoms with van der Waals surface area (Å²) in [5, 5.41) is 0. The van der Waals surface area contributed by atoms with Crippen LogP contribution in [0.1, 0.15) is 18.8 Å². The molecular formula is C19H16F6N4O2S. The molecule has 172 valence electrons. The molecule has 0 fully saturated rings. The van der Waals surface area contributed by atoms with Gasteiger partial charge in [0.1, 0.15) is 5.69 Å². The van der Waals surface area contributed by atoms with Crippen LogP contribution in [0.4, 0.5) is 26.3 Å². The standard InChI is InChI=1S/C19H16F6N4O2S/c1-3-32(30,31)14-8-11(12-6-4-5-7-26-12)9-27-15(14)17-28-10-13(29(17)2)16(20)18(21,22)19(23,24)25/h4-10,16H,3H2,1-2H3/t16-/m0/s1. The summed E-state index contributed by atoms with van der Waals surface area (Å²) in [5.41, 5.74) is -0.684. The van der Waals surface area contributed by atoms with E-state index in [4.69, 9.17) is 0 Å². The maximum absolute atomic E-state index is 14.2. The minimum Gasteiger partial charge on any atom is -0.327 e. The number of aromatic nitrogens is 4. The quantitative estimate of drug-likeness (QED) is 0.486. The number of nitrogens with zero attached hydrogens (tertiary/aromatic N) is 4. The molecule has 0 N–H and O–H groups in total. The second-order valence-corrected chi connectivity index (χ2v) is 8.98. The van der Waals surface area contributed by atoms with Crippen molar-refractivity contribution in [2.45, 2.75) is 30.1 Å². The van der Waals surface area contributed by atoms with Crippen LogP contribution in [-0.4, -0.2) is 45.8 Å². The first kappa shape index (κ1) is 23.7. The van der Waals surface area contributed by atoms with Crippen molar-refractivity contribution in [3.8, 4) is 22.8 Å². The topological polar surface area (TPSA) is 77.7 Å². The molecule has 0 bridgehead atoms. The maximum Gasteiger partial charge on any atom is 0.456 e. The molecule has 0 aliphatic rings. The first-order valence-corrected chi connectivity index (χ1v) is 10.7. The van der Waals surface area contributed by atoms with Gasteiger partial charge in [-0.2, -0.15) is 22.0 Å². The highest BCUT2D eigenvalue weighted by Crippen LogP contribution is 2.47. The Morgan fingerprint density at radius 1 is 1.06 bits per heavy atom. The molecule has 0 saturated heterocycles. The minimum atomic E-state index is -6.13. The van der Waals surface area contributed by atoms with Crippen molar-refractivity contribution in [2.75, 3.05) is 5.75 Å². The lowest BCUT2D eigenvalue weighted by molar-refractivity contribution is -0.305. The van der Waals surface area contributed by atoms with Gasteiger partial charge in [-0.05, 0) is 18.2 Å². The summed E-state index contributed by atoms with van der Waals surface area (Å²) >= 11 is 0. The third kappa shape index (κ3) is 4.08. The lowest BCUT2D eigenvalue weighted by atomic mass is 10.1. The molecule has 0 aliphatic carbocycles. The van der Waals surface area contributed by atoms with Crippen LogP contribution in [0, 0.1) is 0 Å². The summed E-state index contributed by atoms with van der Waals surface area (Å²) in [6, 6.07) is 6.16. The molecule has 0 saturated carbocycles. The van der Waals surface area contributed by atoms with Crippen molar-refractivity contribution in [3.05, 3.63) is 48.5 Å². The number of halogens is 6. The van der Waals surface area contributed by atoms with E-state index < -0.39 is 33.8 Å². The Hall–Kier alpha value is -2.96. The van der Waals surface area contributed by atoms with Gasteiger partial charge in [0.05, 0.1) is 28.2 Å². The number of hydrogen-bond donors (Lipinski definition) is 0. The van der Waals surface area contributed by atoms with Gasteiger partial charge in [-0.25, -0.2) is 17.8 Å². The largest absolute Gasteiger partial charge is 0.456 e. The van der Waals surface area contributed by atoms with Gasteiger partial charge in [-0.3, -0.25) is 9.97 Å². The second-order valence-electron chi connectivity index (χ2n) is 6.74. The maximum atomic E-state index is 14.2. The summed E-state index contributed by atoms with van der Waals surface area (Å²) < 4.78 is 105. The van der Waals surface area contributed by atoms with Crippen molar-refractivity contribution in [1.29, 1.82) is 0 Å². The van der Waals surface area contributed by atoms with E-state index >= 15 is 0 Å². The molecule has 3 aromatic heterocycles. The Morgan fingerprint density at radius 2 is 1.75 bits per heavy atom. The fourth-order valence-electron chi connectivity index (χ4n) is 2.89. The van der Waals surface area contributed by atoms with Crippen LogP contribution in [0.2, 0.25) is 0 Å². The Kier molecular flexibility index (Phi) is 6.06. The Labute approximate surface area is 178 Å². The number of rotatable bonds is 6. The van der Waals surface area contributed by atoms with Crippen LogP contribution in [-0.2, 0) is 16.9 Å². The summed E-state index contributed by atoms with van der Waals surface area (Å²) in [6.07, 6.45) is -6.66. The Balaban J connectivity index is 2.17. The summed E-state index contributed by atoms with van der Waals surface area (Å²) in [6.45, 7) is 1.36. The van der Waals surface area contributed by atoms with Gasteiger partial charge in [0.15, 0.2) is 15.7 Å². The van der Waals surface area contributed by atoms with Crippen molar-refractivity contribution in [3.63, 3.8) is 0 Å². The van der Waals surface area contributed by atoms with Gasteiger partial charge in [0, 0.05) is 25.0 Å². The van der Waals surface area contributed by atoms with Gasteiger partial charge in [0.2, 0.25) is 6.17 Å². The summed E-state index contributed by atoms with van der Waals surface area (Å²) in [7, 11) is -2.96. The van der Waals surface area contributed by atoms with Gasteiger partial charge in [-0.1, -0.05) is 13.0 Å². The van der Waals surface area contributed by atoms with Crippen molar-refractivity contribution < 1.29 is 34.8 Å². The van der Waals surface area contributed by atoms with Crippen LogP contribution in [0.25, 0.3) is 22.8 Å². The zero-order chi connectivity index (χ0) is 23.9. The molecule has 3 heterocycles. The van der Waals surface area contributed by atoms with E-state index in [9.17, 15) is 34.8 Å². The third-order valence-corrected chi connectivity index (χ3v) is 6.46. The molecule has 1 atom stereocenters. The highest BCUT2D eigenvalue weighted by molar-refractivity contribution is 7.91. The number of imidazole rings is 1. The van der Waals surface area contributed by atoms with E-state index in [2.05, 4.69) is 15.0 Å². The van der Waals surface area contributed by atoms with Crippen LogP contribution in [0.15, 0.2) is 47.8 Å². The predicted octanol–water partition coefficient (Wildman–Crippen LogP) is 4.55. The van der Waals surface area contributed by atoms with Crippen molar-refractivity contribution >= 4 is 9.84 Å². The van der Waals surface area contributed by atoms with Crippen LogP contribution < -0.4 is 0 Å². The molecule has 0 unspecified atom stereocenters. The lowest BCUT2D eigenvalue weighted by Gasteiger charge is -2.23. The van der Waals surface area contributed by atoms with Crippen molar-refractivity contribution in [1.82, 2.24) is 19.5 Å². The Morgan fingerprint density at radius 3 is 2.31 bits per heavy atom. The highest BCUT2D eigenvalue weighted by Gasteiger charge is 2.64. The Bertz CT molecular complexity index is 1230. The molecule has 3 aromatic rings. The molecule has 0 aliphatic heterocycles. The highest BCUT2D eigenvalue weighted by atomic mass is 32.2. The van der Waals surface area contributed by atoms with Gasteiger partial charge < -0.3 is 4.57 Å². The molecular weight excluding hydrogens is 462 g/mol. The fourth-order valence-corrected chi connectivity index (χ4v) is 3.94. The van der Waals surface area contributed by atoms with E-state index in [1.54, 1.807) is 18.2 Å². The smallest absolute Gasteiger partial charge is 0.327 e. The van der Waals surface area contributed by atoms with Gasteiger partial charge in [-0.15, -0.1) is 0 Å². The van der Waals surface area contributed by atoms with E-state index in [1.807, 2.05) is 0 Å². The molecule has 3 rings (SSSR count). The normalized spacial score (nSPS) is 13.9. The molecule has 32 heavy (non-hydrogen) atoms. The van der Waals surface area contributed by atoms with Crippen LogP contribution in [0.5, 0.6) is 0 Å². The van der Waals surface area contributed by atoms with E-state index in [-0.39, 0.29) is 22.2 Å². The summed E-state index contributed by atoms with van der Waals surface area (Å²) in [5.74, 6) is -6.42. The zero-order valence-corrected chi connectivity index (χ0v) is 17.4. The average Bonchev–Trinajstić information content (AvgIpc) is 3.13. The fraction of sp³-hybridized carbons (Fsp3) is 0.316. The van der Waals surface area contributed by atoms with Crippen LogP contribution in [0.3, 0.4) is 0 Å². The number of hydrogen-bond acceptors (Lipinski definition) is 5. The molecule has 0 spiro atoms. The monoisotopic (exact) mass is 478 g/mol. The SMILES string of the molecule is CCS(=O)(=O)c1cc(-c2ccccn2)cnc1-c1ncc([C@H](F)C(F)(F)C(F)(F)F)n1C. The third-order valence-electron chi connectivity index (χ3n) is 4.72. The molecule has 13 heteroatoms.